The third kappa shape index (κ3) is 3.21. The van der Waals surface area contributed by atoms with Crippen LogP contribution in [0.1, 0.15) is 23.0 Å². The van der Waals surface area contributed by atoms with Gasteiger partial charge in [0.1, 0.15) is 11.4 Å². The second kappa shape index (κ2) is 6.39. The summed E-state index contributed by atoms with van der Waals surface area (Å²) in [5.74, 6) is -0.720. The van der Waals surface area contributed by atoms with E-state index in [9.17, 15) is 9.18 Å². The van der Waals surface area contributed by atoms with E-state index in [1.54, 1.807) is 48.8 Å². The summed E-state index contributed by atoms with van der Waals surface area (Å²) < 4.78 is 20.4. The predicted octanol–water partition coefficient (Wildman–Crippen LogP) is 2.37. The van der Waals surface area contributed by atoms with Crippen molar-refractivity contribution in [2.75, 3.05) is 18.6 Å². The van der Waals surface area contributed by atoms with Gasteiger partial charge in [-0.2, -0.15) is 5.10 Å². The number of para-hydroxylation sites is 1. The van der Waals surface area contributed by atoms with Gasteiger partial charge in [-0.05, 0) is 19.1 Å². The van der Waals surface area contributed by atoms with Gasteiger partial charge in [0, 0.05) is 14.1 Å². The summed E-state index contributed by atoms with van der Waals surface area (Å²) in [5, 5.41) is 4.08. The Morgan fingerprint density at radius 1 is 1.43 bits per heavy atom. The molecule has 0 aliphatic heterocycles. The number of hydrogen-bond acceptors (Lipinski definition) is 4. The molecular formula is C15H18FN3O2. The lowest BCUT2D eigenvalue weighted by atomic mass is 10.2. The van der Waals surface area contributed by atoms with Gasteiger partial charge in [0.15, 0.2) is 0 Å². The molecular weight excluding hydrogens is 273 g/mol. The number of nitrogens with zero attached hydrogens (tertiary/aromatic N) is 3. The predicted molar refractivity (Wildman–Crippen MR) is 77.7 cm³/mol. The summed E-state index contributed by atoms with van der Waals surface area (Å²) in [4.78, 5) is 13.6. The molecule has 5 nitrogen and oxygen atoms in total. The van der Waals surface area contributed by atoms with Crippen molar-refractivity contribution in [3.63, 3.8) is 0 Å². The fourth-order valence-corrected chi connectivity index (χ4v) is 2.10. The smallest absolute Gasteiger partial charge is 0.341 e. The zero-order valence-corrected chi connectivity index (χ0v) is 12.3. The molecule has 0 amide bonds. The molecule has 0 fully saturated rings. The number of esters is 1. The maximum absolute atomic E-state index is 13.8. The Morgan fingerprint density at radius 2 is 2.14 bits per heavy atom. The van der Waals surface area contributed by atoms with Crippen LogP contribution in [0.25, 0.3) is 0 Å². The Labute approximate surface area is 122 Å². The normalized spacial score (nSPS) is 10.5. The molecule has 0 saturated heterocycles. The van der Waals surface area contributed by atoms with Crippen LogP contribution in [0.4, 0.5) is 10.1 Å². The van der Waals surface area contributed by atoms with E-state index in [0.29, 0.717) is 30.1 Å². The minimum atomic E-state index is -0.414. The van der Waals surface area contributed by atoms with Crippen molar-refractivity contribution >= 4 is 11.7 Å². The maximum atomic E-state index is 13.8. The standard InChI is InChI=1S/C15H18FN3O2/c1-4-21-15(20)11-9-17-19(3)14(11)10-18(2)13-8-6-5-7-12(13)16/h5-9H,4,10H2,1-3H3. The number of carbonyl (C=O) groups is 1. The SMILES string of the molecule is CCOC(=O)c1cnn(C)c1CN(C)c1ccccc1F. The van der Waals surface area contributed by atoms with Crippen LogP contribution in [-0.2, 0) is 18.3 Å². The maximum Gasteiger partial charge on any atom is 0.341 e. The number of halogens is 1. The Bertz CT molecular complexity index is 640. The molecule has 0 N–H and O–H groups in total. The van der Waals surface area contributed by atoms with Gasteiger partial charge in [0.05, 0.1) is 30.7 Å². The molecule has 0 atom stereocenters. The highest BCUT2D eigenvalue weighted by Crippen LogP contribution is 2.20. The number of hydrogen-bond donors (Lipinski definition) is 0. The van der Waals surface area contributed by atoms with Crippen LogP contribution in [0, 0.1) is 5.82 Å². The van der Waals surface area contributed by atoms with Gasteiger partial charge in [0.2, 0.25) is 0 Å². The lowest BCUT2D eigenvalue weighted by Gasteiger charge is -2.20. The topological polar surface area (TPSA) is 47.4 Å². The van der Waals surface area contributed by atoms with Crippen LogP contribution in [-0.4, -0.2) is 29.4 Å². The van der Waals surface area contributed by atoms with E-state index in [0.717, 1.165) is 0 Å². The Kier molecular flexibility index (Phi) is 4.57. The first-order valence-electron chi connectivity index (χ1n) is 6.68. The lowest BCUT2D eigenvalue weighted by molar-refractivity contribution is 0.0525. The molecule has 0 radical (unpaired) electrons. The number of aryl methyl sites for hydroxylation is 1. The largest absolute Gasteiger partial charge is 0.462 e. The Morgan fingerprint density at radius 3 is 2.81 bits per heavy atom. The first-order chi connectivity index (χ1) is 10.0. The molecule has 1 heterocycles. The van der Waals surface area contributed by atoms with Crippen molar-refractivity contribution in [3.05, 3.63) is 47.5 Å². The first-order valence-corrected chi connectivity index (χ1v) is 6.68. The third-order valence-electron chi connectivity index (χ3n) is 3.21. The molecule has 112 valence electrons. The molecule has 0 spiro atoms. The van der Waals surface area contributed by atoms with Gasteiger partial charge in [-0.25, -0.2) is 9.18 Å². The van der Waals surface area contributed by atoms with Gasteiger partial charge >= 0.3 is 5.97 Å². The van der Waals surface area contributed by atoms with Gasteiger partial charge in [0.25, 0.3) is 0 Å². The van der Waals surface area contributed by atoms with Gasteiger partial charge in [-0.15, -0.1) is 0 Å². The van der Waals surface area contributed by atoms with Crippen LogP contribution in [0.3, 0.4) is 0 Å². The van der Waals surface area contributed by atoms with Crippen molar-refractivity contribution in [1.82, 2.24) is 9.78 Å². The Hall–Kier alpha value is -2.37. The third-order valence-corrected chi connectivity index (χ3v) is 3.21. The number of benzene rings is 1. The zero-order chi connectivity index (χ0) is 15.4. The number of anilines is 1. The number of aromatic nitrogens is 2. The van der Waals surface area contributed by atoms with Crippen molar-refractivity contribution < 1.29 is 13.9 Å². The van der Waals surface area contributed by atoms with Gasteiger partial charge < -0.3 is 9.64 Å². The van der Waals surface area contributed by atoms with Gasteiger partial charge in [-0.3, -0.25) is 4.68 Å². The zero-order valence-electron chi connectivity index (χ0n) is 12.3. The van der Waals surface area contributed by atoms with Crippen molar-refractivity contribution in [3.8, 4) is 0 Å². The van der Waals surface area contributed by atoms with E-state index in [-0.39, 0.29) is 5.82 Å². The van der Waals surface area contributed by atoms with Gasteiger partial charge in [-0.1, -0.05) is 12.1 Å². The minimum absolute atomic E-state index is 0.302. The molecule has 0 aliphatic carbocycles. The Balaban J connectivity index is 2.25. The molecule has 0 saturated carbocycles. The molecule has 0 aliphatic rings. The van der Waals surface area contributed by atoms with E-state index in [1.807, 2.05) is 0 Å². The number of carbonyl (C=O) groups excluding carboxylic acids is 1. The van der Waals surface area contributed by atoms with Crippen molar-refractivity contribution in [2.24, 2.45) is 7.05 Å². The van der Waals surface area contributed by atoms with Crippen molar-refractivity contribution in [2.45, 2.75) is 13.5 Å². The van der Waals surface area contributed by atoms with Crippen LogP contribution in [0.15, 0.2) is 30.5 Å². The average molecular weight is 291 g/mol. The van der Waals surface area contributed by atoms with Crippen LogP contribution in [0.2, 0.25) is 0 Å². The summed E-state index contributed by atoms with van der Waals surface area (Å²) in [5.41, 5.74) is 1.55. The quantitative estimate of drug-likeness (QED) is 0.794. The molecule has 0 unspecified atom stereocenters. The molecule has 6 heteroatoms. The van der Waals surface area contributed by atoms with E-state index >= 15 is 0 Å². The molecule has 1 aromatic carbocycles. The average Bonchev–Trinajstić information content (AvgIpc) is 2.81. The highest BCUT2D eigenvalue weighted by Gasteiger charge is 2.19. The highest BCUT2D eigenvalue weighted by atomic mass is 19.1. The fraction of sp³-hybridized carbons (Fsp3) is 0.333. The van der Waals surface area contributed by atoms with Crippen molar-refractivity contribution in [1.29, 1.82) is 0 Å². The lowest BCUT2D eigenvalue weighted by Crippen LogP contribution is -2.21. The molecule has 21 heavy (non-hydrogen) atoms. The molecule has 0 bridgehead atoms. The summed E-state index contributed by atoms with van der Waals surface area (Å²) in [6, 6.07) is 6.50. The summed E-state index contributed by atoms with van der Waals surface area (Å²) >= 11 is 0. The first kappa shape index (κ1) is 15.0. The van der Waals surface area contributed by atoms with E-state index in [4.69, 9.17) is 4.74 Å². The van der Waals surface area contributed by atoms with E-state index in [2.05, 4.69) is 5.10 Å². The van der Waals surface area contributed by atoms with Crippen LogP contribution in [0.5, 0.6) is 0 Å². The summed E-state index contributed by atoms with van der Waals surface area (Å²) in [7, 11) is 3.51. The number of ether oxygens (including phenoxy) is 1. The highest BCUT2D eigenvalue weighted by molar-refractivity contribution is 5.90. The summed E-state index contributed by atoms with van der Waals surface area (Å²) in [6.07, 6.45) is 1.47. The molecule has 2 aromatic rings. The summed E-state index contributed by atoms with van der Waals surface area (Å²) in [6.45, 7) is 2.40. The van der Waals surface area contributed by atoms with E-state index < -0.39 is 5.97 Å². The number of rotatable bonds is 5. The second-order valence-corrected chi connectivity index (χ2v) is 4.66. The fourth-order valence-electron chi connectivity index (χ4n) is 2.10. The van der Waals surface area contributed by atoms with Crippen LogP contribution < -0.4 is 4.90 Å². The second-order valence-electron chi connectivity index (χ2n) is 4.66. The minimum Gasteiger partial charge on any atom is -0.462 e. The monoisotopic (exact) mass is 291 g/mol. The van der Waals surface area contributed by atoms with Crippen LogP contribution >= 0.6 is 0 Å². The molecule has 2 rings (SSSR count). The van der Waals surface area contributed by atoms with E-state index in [1.165, 1.54) is 12.3 Å². The molecule has 1 aromatic heterocycles.